The van der Waals surface area contributed by atoms with Gasteiger partial charge in [0.1, 0.15) is 12.1 Å². The van der Waals surface area contributed by atoms with Gasteiger partial charge < -0.3 is 9.36 Å². The Morgan fingerprint density at radius 2 is 1.83 bits per heavy atom. The second-order valence-corrected chi connectivity index (χ2v) is 7.88. The first-order chi connectivity index (χ1) is 13.9. The first kappa shape index (κ1) is 21.0. The number of unbranched alkanes of at least 4 members (excludes halogenated alkanes) is 2. The quantitative estimate of drug-likeness (QED) is 0.374. The van der Waals surface area contributed by atoms with E-state index in [0.29, 0.717) is 28.6 Å². The summed E-state index contributed by atoms with van der Waals surface area (Å²) in [5.74, 6) is -0.708. The van der Waals surface area contributed by atoms with Crippen LogP contribution in [0.1, 0.15) is 55.3 Å². The molecular weight excluding hydrogens is 365 g/mol. The summed E-state index contributed by atoms with van der Waals surface area (Å²) in [6, 6.07) is 10.8. The molecule has 0 radical (unpaired) electrons. The number of pyridine rings is 1. The fourth-order valence-electron chi connectivity index (χ4n) is 4.02. The van der Waals surface area contributed by atoms with Crippen molar-refractivity contribution in [1.82, 2.24) is 4.57 Å². The highest BCUT2D eigenvalue weighted by Crippen LogP contribution is 2.36. The molecule has 0 saturated carbocycles. The first-order valence-electron chi connectivity index (χ1n) is 10.2. The van der Waals surface area contributed by atoms with E-state index in [9.17, 15) is 14.0 Å². The number of fused-ring (bicyclic) bond motifs is 1. The lowest BCUT2D eigenvalue weighted by atomic mass is 9.88. The molecule has 1 atom stereocenters. The summed E-state index contributed by atoms with van der Waals surface area (Å²) in [7, 11) is 1.71. The summed E-state index contributed by atoms with van der Waals surface area (Å²) in [5.41, 5.74) is 3.58. The number of hydrogen-bond donors (Lipinski definition) is 0. The molecule has 2 aromatic carbocycles. The number of hydrogen-bond acceptors (Lipinski definition) is 2. The van der Waals surface area contributed by atoms with Crippen molar-refractivity contribution >= 4 is 17.1 Å². The molecule has 0 bridgehead atoms. The number of halogens is 1. The first-order valence-corrected chi connectivity index (χ1v) is 10.2. The Balaban J connectivity index is 2.39. The summed E-state index contributed by atoms with van der Waals surface area (Å²) in [6.07, 6.45) is 4.59. The van der Waals surface area contributed by atoms with Gasteiger partial charge in [-0.1, -0.05) is 56.0 Å². The molecule has 1 heterocycles. The Bertz CT molecular complexity index is 1110. The van der Waals surface area contributed by atoms with E-state index in [4.69, 9.17) is 0 Å². The normalized spacial score (nSPS) is 12.3. The predicted octanol–water partition coefficient (Wildman–Crippen LogP) is 5.82. The Morgan fingerprint density at radius 3 is 2.48 bits per heavy atom. The molecule has 0 aliphatic rings. The zero-order valence-electron chi connectivity index (χ0n) is 17.6. The van der Waals surface area contributed by atoms with Gasteiger partial charge in [-0.25, -0.2) is 4.39 Å². The van der Waals surface area contributed by atoms with Crippen LogP contribution in [0.5, 0.6) is 0 Å². The molecule has 0 saturated heterocycles. The van der Waals surface area contributed by atoms with Crippen LogP contribution in [-0.4, -0.2) is 10.9 Å². The average Bonchev–Trinajstić information content (AvgIpc) is 2.70. The van der Waals surface area contributed by atoms with Crippen LogP contribution in [0.3, 0.4) is 0 Å². The van der Waals surface area contributed by atoms with Crippen molar-refractivity contribution in [3.63, 3.8) is 0 Å². The number of rotatable bonds is 7. The number of aromatic nitrogens is 1. The number of aryl methyl sites for hydroxylation is 2. The molecule has 152 valence electrons. The molecular formula is C25H28FNO2. The van der Waals surface area contributed by atoms with Crippen molar-refractivity contribution in [3.05, 3.63) is 69.4 Å². The van der Waals surface area contributed by atoms with E-state index in [-0.39, 0.29) is 11.4 Å². The number of nitrogens with zero attached hydrogens (tertiary/aromatic N) is 1. The van der Waals surface area contributed by atoms with Crippen LogP contribution in [0.15, 0.2) is 41.2 Å². The average molecular weight is 394 g/mol. The van der Waals surface area contributed by atoms with Gasteiger partial charge in [-0.3, -0.25) is 4.79 Å². The zero-order chi connectivity index (χ0) is 21.1. The Hall–Kier alpha value is -2.75. The van der Waals surface area contributed by atoms with Gasteiger partial charge in [0, 0.05) is 23.7 Å². The fourth-order valence-corrected chi connectivity index (χ4v) is 4.02. The van der Waals surface area contributed by atoms with Gasteiger partial charge in [0.15, 0.2) is 0 Å². The van der Waals surface area contributed by atoms with E-state index in [1.807, 2.05) is 31.2 Å². The molecule has 3 rings (SSSR count). The highest BCUT2D eigenvalue weighted by molar-refractivity contribution is 5.98. The van der Waals surface area contributed by atoms with Gasteiger partial charge in [-0.2, -0.15) is 0 Å². The number of carbonyl (C=O) groups excluding carboxylic acids is 1. The second-order valence-electron chi connectivity index (χ2n) is 7.88. The highest BCUT2D eigenvalue weighted by atomic mass is 19.1. The monoisotopic (exact) mass is 393 g/mol. The molecule has 0 fully saturated rings. The Labute approximate surface area is 171 Å². The van der Waals surface area contributed by atoms with E-state index in [2.05, 4.69) is 6.92 Å². The second kappa shape index (κ2) is 8.73. The minimum atomic E-state index is -0.413. The third-order valence-corrected chi connectivity index (χ3v) is 5.69. The maximum Gasteiger partial charge on any atom is 0.258 e. The van der Waals surface area contributed by atoms with Crippen molar-refractivity contribution in [1.29, 1.82) is 0 Å². The van der Waals surface area contributed by atoms with Crippen molar-refractivity contribution in [2.45, 2.75) is 52.4 Å². The van der Waals surface area contributed by atoms with Crippen LogP contribution in [0.4, 0.5) is 4.39 Å². The molecule has 1 unspecified atom stereocenters. The van der Waals surface area contributed by atoms with Crippen LogP contribution in [0.2, 0.25) is 0 Å². The van der Waals surface area contributed by atoms with E-state index in [1.165, 1.54) is 6.07 Å². The smallest absolute Gasteiger partial charge is 0.258 e. The molecule has 0 aliphatic heterocycles. The van der Waals surface area contributed by atoms with Crippen molar-refractivity contribution in [2.75, 3.05) is 0 Å². The number of benzene rings is 2. The minimum Gasteiger partial charge on any atom is -0.314 e. The molecule has 0 spiro atoms. The van der Waals surface area contributed by atoms with Crippen molar-refractivity contribution in [3.8, 4) is 11.1 Å². The maximum atomic E-state index is 14.4. The van der Waals surface area contributed by atoms with Crippen LogP contribution in [0, 0.1) is 19.7 Å². The van der Waals surface area contributed by atoms with Crippen molar-refractivity contribution in [2.24, 2.45) is 7.05 Å². The minimum absolute atomic E-state index is 0.131. The van der Waals surface area contributed by atoms with E-state index >= 15 is 0 Å². The third kappa shape index (κ3) is 4.02. The van der Waals surface area contributed by atoms with Gasteiger partial charge in [-0.05, 0) is 48.9 Å². The van der Waals surface area contributed by atoms with Gasteiger partial charge in [0.2, 0.25) is 0 Å². The van der Waals surface area contributed by atoms with E-state index in [1.54, 1.807) is 24.6 Å². The SMILES string of the molecule is CCCCCC(C=O)c1c(-c2ccc(C)c(F)c2)c2cc(C)ccc2c(=O)n1C. The molecule has 3 aromatic rings. The van der Waals surface area contributed by atoms with Gasteiger partial charge in [0.25, 0.3) is 5.56 Å². The predicted molar refractivity (Wildman–Crippen MR) is 117 cm³/mol. The van der Waals surface area contributed by atoms with Crippen LogP contribution < -0.4 is 5.56 Å². The van der Waals surface area contributed by atoms with Gasteiger partial charge in [0.05, 0.1) is 5.92 Å². The Kier molecular flexibility index (Phi) is 6.31. The summed E-state index contributed by atoms with van der Waals surface area (Å²) in [6.45, 7) is 5.81. The molecule has 3 nitrogen and oxygen atoms in total. The molecule has 1 aromatic heterocycles. The van der Waals surface area contributed by atoms with Crippen LogP contribution in [-0.2, 0) is 11.8 Å². The van der Waals surface area contributed by atoms with E-state index < -0.39 is 5.92 Å². The Morgan fingerprint density at radius 1 is 1.07 bits per heavy atom. The summed E-state index contributed by atoms with van der Waals surface area (Å²) in [4.78, 5) is 25.2. The topological polar surface area (TPSA) is 39.1 Å². The van der Waals surface area contributed by atoms with Gasteiger partial charge >= 0.3 is 0 Å². The lowest BCUT2D eigenvalue weighted by Crippen LogP contribution is -2.24. The number of aldehydes is 1. The van der Waals surface area contributed by atoms with Crippen LogP contribution >= 0.6 is 0 Å². The number of carbonyl (C=O) groups is 1. The molecule has 0 amide bonds. The van der Waals surface area contributed by atoms with Gasteiger partial charge in [-0.15, -0.1) is 0 Å². The third-order valence-electron chi connectivity index (χ3n) is 5.69. The fraction of sp³-hybridized carbons (Fsp3) is 0.360. The molecule has 4 heteroatoms. The van der Waals surface area contributed by atoms with Crippen molar-refractivity contribution < 1.29 is 9.18 Å². The highest BCUT2D eigenvalue weighted by Gasteiger charge is 2.23. The summed E-state index contributed by atoms with van der Waals surface area (Å²) >= 11 is 0. The lowest BCUT2D eigenvalue weighted by molar-refractivity contribution is -0.109. The standard InChI is InChI=1S/C25H28FNO2/c1-5-6-7-8-19(15-28)24-23(18-11-10-17(3)22(26)14-18)21-13-16(2)9-12-20(21)25(29)27(24)4/h9-15,19H,5-8H2,1-4H3. The molecule has 0 N–H and O–H groups in total. The largest absolute Gasteiger partial charge is 0.314 e. The zero-order valence-corrected chi connectivity index (χ0v) is 17.6. The summed E-state index contributed by atoms with van der Waals surface area (Å²) < 4.78 is 16.0. The summed E-state index contributed by atoms with van der Waals surface area (Å²) in [5, 5.41) is 1.35. The van der Waals surface area contributed by atoms with E-state index in [0.717, 1.165) is 42.1 Å². The molecule has 29 heavy (non-hydrogen) atoms. The maximum absolute atomic E-state index is 14.4. The lowest BCUT2D eigenvalue weighted by Gasteiger charge is -2.22. The molecule has 0 aliphatic carbocycles. The van der Waals surface area contributed by atoms with Crippen LogP contribution in [0.25, 0.3) is 21.9 Å².